The molecular weight excluding hydrogens is 347 g/mol. The Hall–Kier alpha value is 3.64. The van der Waals surface area contributed by atoms with E-state index in [1.165, 1.54) is 0 Å². The van der Waals surface area contributed by atoms with E-state index in [1.54, 1.807) is 0 Å². The third kappa shape index (κ3) is 52.6. The molecule has 0 aromatic carbocycles. The van der Waals surface area contributed by atoms with Crippen LogP contribution in [0.2, 0.25) is 0 Å². The van der Waals surface area contributed by atoms with Gasteiger partial charge in [-0.05, 0) is 0 Å². The summed E-state index contributed by atoms with van der Waals surface area (Å²) in [6.07, 6.45) is 0. The standard InChI is InChI=1S/2K.H4O7P2.H3O4P/c;;1-8(2,3)7-9(4,5)6;1-5(2,3)4/h;;(H2,1,2,3)(H2,4,5,6);(H3,1,2,3,4)/q2*+1;;/p-2. The van der Waals surface area contributed by atoms with E-state index in [0.717, 1.165) is 0 Å². The zero-order chi connectivity index (χ0) is 12.2. The SMILES string of the molecule is O=P(O)(O)OP(=O)(O)O.O=P([O-])([O-])O.[K+].[K+]. The minimum atomic E-state index is -5.14. The third-order valence-corrected chi connectivity index (χ3v) is 1.91. The normalized spacial score (nSPS) is 11.4. The minimum Gasteiger partial charge on any atom is -0.790 e. The van der Waals surface area contributed by atoms with Crippen molar-refractivity contribution in [3.05, 3.63) is 0 Å². The Balaban J connectivity index is -0.0000000904. The van der Waals surface area contributed by atoms with Gasteiger partial charge < -0.3 is 38.8 Å². The maximum absolute atomic E-state index is 9.63. The van der Waals surface area contributed by atoms with Crippen LogP contribution in [-0.4, -0.2) is 24.5 Å². The Morgan fingerprint density at radius 1 is 0.750 bits per heavy atom. The number of phosphoric acid groups is 3. The smallest absolute Gasteiger partial charge is 0.790 e. The van der Waals surface area contributed by atoms with Gasteiger partial charge in [-0.25, -0.2) is 9.13 Å². The van der Waals surface area contributed by atoms with E-state index in [1.807, 2.05) is 0 Å². The average molecular weight is 352 g/mol. The first-order chi connectivity index (χ1) is 5.71. The molecule has 0 amide bonds. The Labute approximate surface area is 175 Å². The summed E-state index contributed by atoms with van der Waals surface area (Å²) in [7, 11) is -15.2. The minimum absolute atomic E-state index is 0. The molecule has 0 heterocycles. The van der Waals surface area contributed by atoms with Crippen LogP contribution in [0.4, 0.5) is 0 Å². The average Bonchev–Trinajstić information content (AvgIpc) is 1.42. The van der Waals surface area contributed by atoms with Gasteiger partial charge in [0.25, 0.3) is 0 Å². The molecule has 0 aliphatic carbocycles. The molecule has 16 heavy (non-hydrogen) atoms. The van der Waals surface area contributed by atoms with Crippen molar-refractivity contribution in [2.75, 3.05) is 0 Å². The van der Waals surface area contributed by atoms with E-state index < -0.39 is 23.5 Å². The molecule has 16 heteroatoms. The van der Waals surface area contributed by atoms with Gasteiger partial charge in [0, 0.05) is 0 Å². The first kappa shape index (κ1) is 27.9. The maximum Gasteiger partial charge on any atom is 1.00 e. The van der Waals surface area contributed by atoms with Crippen LogP contribution in [0.25, 0.3) is 0 Å². The molecule has 0 atom stereocenters. The van der Waals surface area contributed by atoms with Crippen molar-refractivity contribution in [3.63, 3.8) is 0 Å². The van der Waals surface area contributed by atoms with E-state index in [9.17, 15) is 9.13 Å². The van der Waals surface area contributed by atoms with E-state index in [0.29, 0.717) is 0 Å². The quantitative estimate of drug-likeness (QED) is 0.233. The second-order valence-corrected chi connectivity index (χ2v) is 5.08. The molecule has 0 radical (unpaired) electrons. The molecular formula is H5K2O11P3. The van der Waals surface area contributed by atoms with Gasteiger partial charge in [-0.15, -0.1) is 0 Å². The van der Waals surface area contributed by atoms with Crippen molar-refractivity contribution in [2.45, 2.75) is 0 Å². The zero-order valence-electron chi connectivity index (χ0n) is 8.03. The predicted octanol–water partition coefficient (Wildman–Crippen LogP) is -9.00. The molecule has 0 fully saturated rings. The summed E-state index contributed by atoms with van der Waals surface area (Å²) in [5.41, 5.74) is 0. The summed E-state index contributed by atoms with van der Waals surface area (Å²) in [5.74, 6) is 0. The summed E-state index contributed by atoms with van der Waals surface area (Å²) in [6, 6.07) is 0. The van der Waals surface area contributed by atoms with Crippen molar-refractivity contribution < 1.29 is 155 Å². The van der Waals surface area contributed by atoms with Crippen molar-refractivity contribution in [1.29, 1.82) is 0 Å². The molecule has 0 bridgehead atoms. The Morgan fingerprint density at radius 3 is 0.875 bits per heavy atom. The van der Waals surface area contributed by atoms with Crippen LogP contribution < -0.4 is 113 Å². The summed E-state index contributed by atoms with van der Waals surface area (Å²) in [4.78, 5) is 55.3. The van der Waals surface area contributed by atoms with E-state index in [2.05, 4.69) is 4.31 Å². The second kappa shape index (κ2) is 11.3. The number of hydrogen-bond acceptors (Lipinski definition) is 6. The van der Waals surface area contributed by atoms with Crippen LogP contribution in [0.1, 0.15) is 0 Å². The van der Waals surface area contributed by atoms with Crippen LogP contribution in [-0.2, 0) is 18.0 Å². The zero-order valence-corrected chi connectivity index (χ0v) is 17.0. The van der Waals surface area contributed by atoms with Crippen LogP contribution in [0.3, 0.4) is 0 Å². The molecule has 0 saturated heterocycles. The van der Waals surface area contributed by atoms with Crippen molar-refractivity contribution >= 4 is 23.5 Å². The van der Waals surface area contributed by atoms with E-state index >= 15 is 0 Å². The van der Waals surface area contributed by atoms with Gasteiger partial charge in [0.15, 0.2) is 0 Å². The molecule has 0 rings (SSSR count). The first-order valence-corrected chi connectivity index (χ1v) is 6.83. The summed E-state index contributed by atoms with van der Waals surface area (Å²) in [6.45, 7) is 0. The number of rotatable bonds is 2. The van der Waals surface area contributed by atoms with Gasteiger partial charge in [0.2, 0.25) is 0 Å². The van der Waals surface area contributed by atoms with E-state index in [4.69, 9.17) is 38.8 Å². The van der Waals surface area contributed by atoms with Gasteiger partial charge in [-0.1, -0.05) is 0 Å². The predicted molar refractivity (Wildman–Crippen MR) is 35.0 cm³/mol. The Morgan fingerprint density at radius 2 is 0.875 bits per heavy atom. The van der Waals surface area contributed by atoms with Crippen LogP contribution in [0, 0.1) is 0 Å². The fourth-order valence-electron chi connectivity index (χ4n) is 0.139. The largest absolute Gasteiger partial charge is 1.00 e. The summed E-state index contributed by atoms with van der Waals surface area (Å²) < 4.78 is 30.9. The fraction of sp³-hybridized carbons (Fsp3) is 0. The first-order valence-electron chi connectivity index (χ1n) is 2.28. The van der Waals surface area contributed by atoms with Gasteiger partial charge in [0.05, 0.1) is 7.82 Å². The van der Waals surface area contributed by atoms with Gasteiger partial charge in [-0.2, -0.15) is 4.31 Å². The molecule has 0 unspecified atom stereocenters. The molecule has 5 N–H and O–H groups in total. The fourth-order valence-corrected chi connectivity index (χ4v) is 1.25. The molecule has 0 aliphatic rings. The number of hydrogen-bond donors (Lipinski definition) is 5. The molecule has 88 valence electrons. The Bertz CT molecular complexity index is 262. The molecule has 0 aromatic heterocycles. The van der Waals surface area contributed by atoms with Crippen molar-refractivity contribution in [3.8, 4) is 0 Å². The third-order valence-electron chi connectivity index (χ3n) is 0.213. The van der Waals surface area contributed by atoms with Crippen molar-refractivity contribution in [2.24, 2.45) is 0 Å². The van der Waals surface area contributed by atoms with Crippen LogP contribution >= 0.6 is 23.5 Å². The molecule has 11 nitrogen and oxygen atoms in total. The van der Waals surface area contributed by atoms with Gasteiger partial charge >= 0.3 is 118 Å². The molecule has 0 spiro atoms. The second-order valence-electron chi connectivity index (χ2n) is 1.53. The summed E-state index contributed by atoms with van der Waals surface area (Å²) >= 11 is 0. The Kier molecular flexibility index (Phi) is 19.7. The van der Waals surface area contributed by atoms with Crippen LogP contribution in [0.15, 0.2) is 0 Å². The maximum atomic E-state index is 9.63. The topological polar surface area (TPSA) is 208 Å². The monoisotopic (exact) mass is 352 g/mol. The van der Waals surface area contributed by atoms with E-state index in [-0.39, 0.29) is 103 Å². The molecule has 0 aliphatic heterocycles. The molecule has 0 saturated carbocycles. The summed E-state index contributed by atoms with van der Waals surface area (Å²) in [5, 5.41) is 0. The molecule has 0 aromatic rings. The van der Waals surface area contributed by atoms with Gasteiger partial charge in [-0.3, -0.25) is 0 Å². The van der Waals surface area contributed by atoms with Crippen LogP contribution in [0.5, 0.6) is 0 Å². The van der Waals surface area contributed by atoms with Gasteiger partial charge in [0.1, 0.15) is 0 Å². The van der Waals surface area contributed by atoms with Crippen molar-refractivity contribution in [1.82, 2.24) is 0 Å².